The number of nitrogens with zero attached hydrogens (tertiary/aromatic N) is 2. The highest BCUT2D eigenvalue weighted by molar-refractivity contribution is 5.78. The van der Waals surface area contributed by atoms with Crippen LogP contribution in [0, 0.1) is 5.41 Å². The maximum absolute atomic E-state index is 11.7. The zero-order valence-electron chi connectivity index (χ0n) is 9.58. The first-order valence-electron chi connectivity index (χ1n) is 5.11. The van der Waals surface area contributed by atoms with Gasteiger partial charge in [-0.3, -0.25) is 9.80 Å². The molecule has 4 nitrogen and oxygen atoms in total. The summed E-state index contributed by atoms with van der Waals surface area (Å²) in [5.41, 5.74) is 5.60. The van der Waals surface area contributed by atoms with Gasteiger partial charge in [0.1, 0.15) is 0 Å². The van der Waals surface area contributed by atoms with E-state index in [9.17, 15) is 4.79 Å². The molecule has 1 fully saturated rings. The van der Waals surface area contributed by atoms with Crippen LogP contribution in [0.2, 0.25) is 0 Å². The van der Waals surface area contributed by atoms with E-state index >= 15 is 0 Å². The van der Waals surface area contributed by atoms with E-state index in [1.165, 1.54) is 0 Å². The molecule has 0 bridgehead atoms. The quantitative estimate of drug-likeness (QED) is 0.702. The van der Waals surface area contributed by atoms with E-state index < -0.39 is 0 Å². The zero-order chi connectivity index (χ0) is 10.9. The van der Waals surface area contributed by atoms with E-state index in [1.807, 2.05) is 12.1 Å². The molecule has 0 radical (unpaired) electrons. The molecule has 1 heterocycles. The van der Waals surface area contributed by atoms with Gasteiger partial charge in [-0.1, -0.05) is 20.8 Å². The summed E-state index contributed by atoms with van der Waals surface area (Å²) in [6.07, 6.45) is 0.611. The molecule has 1 unspecified atom stereocenters. The predicted octanol–water partition coefficient (Wildman–Crippen LogP) is 0.439. The molecule has 14 heavy (non-hydrogen) atoms. The third-order valence-corrected chi connectivity index (χ3v) is 2.83. The van der Waals surface area contributed by atoms with Crippen LogP contribution >= 0.6 is 0 Å². The molecule has 0 spiro atoms. The van der Waals surface area contributed by atoms with Crippen LogP contribution in [0.25, 0.3) is 0 Å². The van der Waals surface area contributed by atoms with Gasteiger partial charge >= 0.3 is 0 Å². The van der Waals surface area contributed by atoms with Gasteiger partial charge in [-0.05, 0) is 5.41 Å². The number of amides is 1. The van der Waals surface area contributed by atoms with Gasteiger partial charge in [0.2, 0.25) is 5.91 Å². The minimum Gasteiger partial charge on any atom is -0.329 e. The molecule has 1 amide bonds. The third-order valence-electron chi connectivity index (χ3n) is 2.83. The molecular formula is C10H21N3O. The Balaban J connectivity index is 2.74. The molecule has 0 saturated carbocycles. The third kappa shape index (κ3) is 2.07. The van der Waals surface area contributed by atoms with Crippen molar-refractivity contribution in [1.82, 2.24) is 10.0 Å². The molecule has 4 heteroatoms. The SMILES string of the molecule is CN1C(C(C)(C)C)CC(=O)N1CCN. The smallest absolute Gasteiger partial charge is 0.238 e. The fourth-order valence-corrected chi connectivity index (χ4v) is 2.02. The number of nitrogens with two attached hydrogens (primary N) is 1. The Morgan fingerprint density at radius 2 is 2.07 bits per heavy atom. The molecular weight excluding hydrogens is 178 g/mol. The Morgan fingerprint density at radius 1 is 1.50 bits per heavy atom. The van der Waals surface area contributed by atoms with Crippen LogP contribution in [0.4, 0.5) is 0 Å². The summed E-state index contributed by atoms with van der Waals surface area (Å²) < 4.78 is 0. The maximum atomic E-state index is 11.7. The van der Waals surface area contributed by atoms with E-state index in [0.29, 0.717) is 25.6 Å². The Labute approximate surface area is 86.0 Å². The van der Waals surface area contributed by atoms with Crippen LogP contribution in [0.5, 0.6) is 0 Å². The Morgan fingerprint density at radius 3 is 2.43 bits per heavy atom. The number of hydrogen-bond acceptors (Lipinski definition) is 3. The van der Waals surface area contributed by atoms with Crippen LogP contribution in [-0.4, -0.2) is 42.1 Å². The van der Waals surface area contributed by atoms with Crippen molar-refractivity contribution in [3.8, 4) is 0 Å². The van der Waals surface area contributed by atoms with Crippen LogP contribution in [0.15, 0.2) is 0 Å². The first kappa shape index (κ1) is 11.5. The number of hydrazine groups is 1. The zero-order valence-corrected chi connectivity index (χ0v) is 9.58. The lowest BCUT2D eigenvalue weighted by molar-refractivity contribution is -0.137. The second-order valence-corrected chi connectivity index (χ2v) is 4.97. The normalized spacial score (nSPS) is 24.8. The van der Waals surface area contributed by atoms with E-state index in [1.54, 1.807) is 5.01 Å². The summed E-state index contributed by atoms with van der Waals surface area (Å²) in [5, 5.41) is 3.80. The summed E-state index contributed by atoms with van der Waals surface area (Å²) in [6, 6.07) is 0.293. The Kier molecular flexibility index (Phi) is 3.17. The van der Waals surface area contributed by atoms with Crippen molar-refractivity contribution in [3.63, 3.8) is 0 Å². The highest BCUT2D eigenvalue weighted by Gasteiger charge is 2.40. The van der Waals surface area contributed by atoms with E-state index in [0.717, 1.165) is 0 Å². The lowest BCUT2D eigenvalue weighted by Gasteiger charge is -2.35. The summed E-state index contributed by atoms with van der Waals surface area (Å²) in [4.78, 5) is 11.7. The van der Waals surface area contributed by atoms with Crippen LogP contribution in [0.1, 0.15) is 27.2 Å². The first-order chi connectivity index (χ1) is 6.38. The molecule has 1 rings (SSSR count). The van der Waals surface area contributed by atoms with Crippen LogP contribution in [-0.2, 0) is 4.79 Å². The van der Waals surface area contributed by atoms with Gasteiger partial charge in [-0.15, -0.1) is 0 Å². The largest absolute Gasteiger partial charge is 0.329 e. The molecule has 0 aliphatic carbocycles. The second kappa shape index (κ2) is 3.87. The molecule has 82 valence electrons. The second-order valence-electron chi connectivity index (χ2n) is 4.97. The number of carbonyl (C=O) groups is 1. The van der Waals surface area contributed by atoms with Crippen molar-refractivity contribution < 1.29 is 4.79 Å². The average Bonchev–Trinajstić information content (AvgIpc) is 2.31. The predicted molar refractivity (Wildman–Crippen MR) is 56.4 cm³/mol. The monoisotopic (exact) mass is 199 g/mol. The number of rotatable bonds is 2. The van der Waals surface area contributed by atoms with Gasteiger partial charge in [0, 0.05) is 32.6 Å². The van der Waals surface area contributed by atoms with Gasteiger partial charge in [-0.25, -0.2) is 5.01 Å². The highest BCUT2D eigenvalue weighted by Crippen LogP contribution is 2.31. The van der Waals surface area contributed by atoms with Crippen molar-refractivity contribution in [1.29, 1.82) is 0 Å². The molecule has 0 aromatic heterocycles. The fourth-order valence-electron chi connectivity index (χ4n) is 2.02. The Hall–Kier alpha value is -0.610. The molecule has 0 aromatic carbocycles. The molecule has 1 saturated heterocycles. The van der Waals surface area contributed by atoms with Crippen molar-refractivity contribution >= 4 is 5.91 Å². The van der Waals surface area contributed by atoms with E-state index in [-0.39, 0.29) is 11.3 Å². The first-order valence-corrected chi connectivity index (χ1v) is 5.11. The van der Waals surface area contributed by atoms with E-state index in [4.69, 9.17) is 5.73 Å². The van der Waals surface area contributed by atoms with Crippen LogP contribution < -0.4 is 5.73 Å². The molecule has 2 N–H and O–H groups in total. The average molecular weight is 199 g/mol. The molecule has 1 aliphatic rings. The van der Waals surface area contributed by atoms with Crippen molar-refractivity contribution in [3.05, 3.63) is 0 Å². The minimum absolute atomic E-state index is 0.133. The van der Waals surface area contributed by atoms with Gasteiger partial charge in [0.15, 0.2) is 0 Å². The van der Waals surface area contributed by atoms with E-state index in [2.05, 4.69) is 20.8 Å². The van der Waals surface area contributed by atoms with Gasteiger partial charge < -0.3 is 5.73 Å². The summed E-state index contributed by atoms with van der Waals surface area (Å²) in [6.45, 7) is 7.63. The number of hydrogen-bond donors (Lipinski definition) is 1. The van der Waals surface area contributed by atoms with Crippen molar-refractivity contribution in [2.75, 3.05) is 20.1 Å². The lowest BCUT2D eigenvalue weighted by Crippen LogP contribution is -2.45. The topological polar surface area (TPSA) is 49.6 Å². The Bertz CT molecular complexity index is 222. The number of carbonyl (C=O) groups excluding carboxylic acids is 1. The highest BCUT2D eigenvalue weighted by atomic mass is 16.2. The standard InChI is InChI=1S/C10H21N3O/c1-10(2,3)8-7-9(14)13(6-5-11)12(8)4/h8H,5-7,11H2,1-4H3. The minimum atomic E-state index is 0.133. The maximum Gasteiger partial charge on any atom is 0.238 e. The molecule has 1 aliphatic heterocycles. The van der Waals surface area contributed by atoms with Gasteiger partial charge in [-0.2, -0.15) is 0 Å². The lowest BCUT2D eigenvalue weighted by atomic mass is 9.85. The molecule has 0 aromatic rings. The van der Waals surface area contributed by atoms with Crippen molar-refractivity contribution in [2.24, 2.45) is 11.1 Å². The summed E-state index contributed by atoms with van der Waals surface area (Å²) in [5.74, 6) is 0.192. The van der Waals surface area contributed by atoms with Gasteiger partial charge in [0.25, 0.3) is 0 Å². The summed E-state index contributed by atoms with van der Waals surface area (Å²) in [7, 11) is 1.97. The summed E-state index contributed by atoms with van der Waals surface area (Å²) >= 11 is 0. The fraction of sp³-hybridized carbons (Fsp3) is 0.900. The molecule has 1 atom stereocenters. The van der Waals surface area contributed by atoms with Crippen LogP contribution in [0.3, 0.4) is 0 Å². The van der Waals surface area contributed by atoms with Gasteiger partial charge in [0.05, 0.1) is 0 Å². The van der Waals surface area contributed by atoms with Crippen molar-refractivity contribution in [2.45, 2.75) is 33.2 Å².